The number of carboxylic acids is 1. The van der Waals surface area contributed by atoms with E-state index in [9.17, 15) is 14.7 Å². The predicted octanol–water partition coefficient (Wildman–Crippen LogP) is 3.06. The van der Waals surface area contributed by atoms with Crippen molar-refractivity contribution in [3.8, 4) is 0 Å². The highest BCUT2D eigenvalue weighted by Gasteiger charge is 2.48. The molecule has 0 bridgehead atoms. The van der Waals surface area contributed by atoms with E-state index < -0.39 is 11.5 Å². The van der Waals surface area contributed by atoms with E-state index in [4.69, 9.17) is 0 Å². The second kappa shape index (κ2) is 6.40. The van der Waals surface area contributed by atoms with Gasteiger partial charge < -0.3 is 10.0 Å². The average molecular weight is 269 g/mol. The highest BCUT2D eigenvalue weighted by Crippen LogP contribution is 2.39. The lowest BCUT2D eigenvalue weighted by atomic mass is 9.73. The maximum Gasteiger partial charge on any atom is 0.329 e. The van der Waals surface area contributed by atoms with Gasteiger partial charge in [0.1, 0.15) is 5.54 Å². The van der Waals surface area contributed by atoms with Crippen molar-refractivity contribution >= 4 is 11.9 Å². The molecule has 0 aromatic carbocycles. The first-order valence-electron chi connectivity index (χ1n) is 7.38. The van der Waals surface area contributed by atoms with Crippen LogP contribution < -0.4 is 0 Å². The van der Waals surface area contributed by atoms with Crippen molar-refractivity contribution in [2.75, 3.05) is 0 Å². The molecule has 4 nitrogen and oxygen atoms in total. The zero-order valence-electron chi connectivity index (χ0n) is 12.6. The van der Waals surface area contributed by atoms with Crippen molar-refractivity contribution in [1.82, 2.24) is 4.90 Å². The third kappa shape index (κ3) is 3.28. The summed E-state index contributed by atoms with van der Waals surface area (Å²) in [5.74, 6) is -0.351. The molecule has 19 heavy (non-hydrogen) atoms. The van der Waals surface area contributed by atoms with Crippen LogP contribution in [0, 0.1) is 5.92 Å². The Labute approximate surface area is 116 Å². The van der Waals surface area contributed by atoms with Crippen molar-refractivity contribution < 1.29 is 14.7 Å². The largest absolute Gasteiger partial charge is 0.479 e. The number of nitrogens with zero attached hydrogens (tertiary/aromatic N) is 1. The molecule has 0 radical (unpaired) electrons. The third-order valence-corrected chi connectivity index (χ3v) is 4.34. The Morgan fingerprint density at radius 2 is 1.84 bits per heavy atom. The van der Waals surface area contributed by atoms with Gasteiger partial charge in [0, 0.05) is 13.0 Å². The first-order chi connectivity index (χ1) is 8.85. The van der Waals surface area contributed by atoms with E-state index in [-0.39, 0.29) is 11.9 Å². The zero-order valence-corrected chi connectivity index (χ0v) is 12.6. The van der Waals surface area contributed by atoms with E-state index >= 15 is 0 Å². The van der Waals surface area contributed by atoms with Gasteiger partial charge in [-0.05, 0) is 45.4 Å². The highest BCUT2D eigenvalue weighted by atomic mass is 16.4. The van der Waals surface area contributed by atoms with Gasteiger partial charge in [-0.25, -0.2) is 4.79 Å². The lowest BCUT2D eigenvalue weighted by Crippen LogP contribution is -2.60. The molecule has 110 valence electrons. The maximum absolute atomic E-state index is 11.9. The number of aliphatic carboxylic acids is 1. The Kier molecular flexibility index (Phi) is 5.39. The summed E-state index contributed by atoms with van der Waals surface area (Å²) in [6.45, 7) is 7.42. The van der Waals surface area contributed by atoms with Crippen molar-refractivity contribution in [2.45, 2.75) is 77.8 Å². The number of amides is 1. The summed E-state index contributed by atoms with van der Waals surface area (Å²) in [6.07, 6.45) is 5.31. The van der Waals surface area contributed by atoms with Crippen LogP contribution in [0.2, 0.25) is 0 Å². The summed E-state index contributed by atoms with van der Waals surface area (Å²) in [5, 5.41) is 9.68. The van der Waals surface area contributed by atoms with Crippen LogP contribution >= 0.6 is 0 Å². The molecule has 1 rings (SSSR count). The summed E-state index contributed by atoms with van der Waals surface area (Å²) in [6, 6.07) is -0.0728. The van der Waals surface area contributed by atoms with Gasteiger partial charge in [-0.3, -0.25) is 4.79 Å². The summed E-state index contributed by atoms with van der Waals surface area (Å²) >= 11 is 0. The molecule has 0 spiro atoms. The quantitative estimate of drug-likeness (QED) is 0.834. The fraction of sp³-hybridized carbons (Fsp3) is 0.867. The van der Waals surface area contributed by atoms with Crippen molar-refractivity contribution in [2.24, 2.45) is 5.92 Å². The topological polar surface area (TPSA) is 57.6 Å². The minimum atomic E-state index is -0.982. The van der Waals surface area contributed by atoms with Crippen LogP contribution in [-0.4, -0.2) is 33.5 Å². The SMILES string of the molecule is CCCC1CCC(C(=O)O)(N(C(C)=O)C(C)C)CC1. The molecular formula is C15H27NO3. The number of hydrogen-bond acceptors (Lipinski definition) is 2. The highest BCUT2D eigenvalue weighted by molar-refractivity contribution is 5.86. The van der Waals surface area contributed by atoms with Crippen LogP contribution in [0.1, 0.15) is 66.2 Å². The molecule has 1 amide bonds. The maximum atomic E-state index is 11.9. The van der Waals surface area contributed by atoms with E-state index in [1.165, 1.54) is 6.92 Å². The van der Waals surface area contributed by atoms with Crippen molar-refractivity contribution in [3.63, 3.8) is 0 Å². The van der Waals surface area contributed by atoms with Gasteiger partial charge in [-0.1, -0.05) is 19.8 Å². The van der Waals surface area contributed by atoms with E-state index in [1.54, 1.807) is 4.90 Å². The number of carbonyl (C=O) groups excluding carboxylic acids is 1. The van der Waals surface area contributed by atoms with E-state index in [2.05, 4.69) is 6.92 Å². The van der Waals surface area contributed by atoms with E-state index in [0.29, 0.717) is 18.8 Å². The van der Waals surface area contributed by atoms with Crippen LogP contribution in [-0.2, 0) is 9.59 Å². The van der Waals surface area contributed by atoms with Crippen molar-refractivity contribution in [3.05, 3.63) is 0 Å². The van der Waals surface area contributed by atoms with Gasteiger partial charge in [0.2, 0.25) is 5.91 Å². The fourth-order valence-corrected chi connectivity index (χ4v) is 3.57. The van der Waals surface area contributed by atoms with Crippen LogP contribution in [0.25, 0.3) is 0 Å². The third-order valence-electron chi connectivity index (χ3n) is 4.34. The normalized spacial score (nSPS) is 27.3. The lowest BCUT2D eigenvalue weighted by molar-refractivity contribution is -0.164. The Morgan fingerprint density at radius 1 is 1.32 bits per heavy atom. The number of rotatable bonds is 5. The molecule has 1 aliphatic rings. The average Bonchev–Trinajstić information content (AvgIpc) is 2.30. The van der Waals surface area contributed by atoms with Gasteiger partial charge in [-0.15, -0.1) is 0 Å². The number of carbonyl (C=O) groups is 2. The van der Waals surface area contributed by atoms with Crippen LogP contribution in [0.15, 0.2) is 0 Å². The van der Waals surface area contributed by atoms with Gasteiger partial charge >= 0.3 is 5.97 Å². The number of carboxylic acid groups (broad SMARTS) is 1. The molecule has 0 atom stereocenters. The smallest absolute Gasteiger partial charge is 0.329 e. The van der Waals surface area contributed by atoms with Crippen LogP contribution in [0.3, 0.4) is 0 Å². The minimum Gasteiger partial charge on any atom is -0.479 e. The molecular weight excluding hydrogens is 242 g/mol. The Morgan fingerprint density at radius 3 is 2.16 bits per heavy atom. The van der Waals surface area contributed by atoms with Gasteiger partial charge in [0.25, 0.3) is 0 Å². The first kappa shape index (κ1) is 16.0. The van der Waals surface area contributed by atoms with Crippen molar-refractivity contribution in [1.29, 1.82) is 0 Å². The van der Waals surface area contributed by atoms with E-state index in [0.717, 1.165) is 25.7 Å². The molecule has 0 unspecified atom stereocenters. The predicted molar refractivity (Wildman–Crippen MR) is 74.9 cm³/mol. The summed E-state index contributed by atoms with van der Waals surface area (Å²) in [5.41, 5.74) is -0.982. The molecule has 4 heteroatoms. The molecule has 0 saturated heterocycles. The van der Waals surface area contributed by atoms with Crippen LogP contribution in [0.5, 0.6) is 0 Å². The molecule has 1 aliphatic carbocycles. The fourth-order valence-electron chi connectivity index (χ4n) is 3.57. The number of hydrogen-bond donors (Lipinski definition) is 1. The van der Waals surface area contributed by atoms with Gasteiger partial charge in [0.15, 0.2) is 0 Å². The molecule has 0 aliphatic heterocycles. The molecule has 1 saturated carbocycles. The zero-order chi connectivity index (χ0) is 14.6. The summed E-state index contributed by atoms with van der Waals surface area (Å²) in [7, 11) is 0. The molecule has 1 fully saturated rings. The Balaban J connectivity index is 2.94. The molecule has 0 heterocycles. The molecule has 1 N–H and O–H groups in total. The Bertz CT molecular complexity index is 330. The monoisotopic (exact) mass is 269 g/mol. The Hall–Kier alpha value is -1.06. The first-order valence-corrected chi connectivity index (χ1v) is 7.38. The summed E-state index contributed by atoms with van der Waals surface area (Å²) in [4.78, 5) is 25.2. The van der Waals surface area contributed by atoms with Gasteiger partial charge in [-0.2, -0.15) is 0 Å². The molecule has 0 aromatic heterocycles. The van der Waals surface area contributed by atoms with Gasteiger partial charge in [0.05, 0.1) is 0 Å². The second-order valence-corrected chi connectivity index (χ2v) is 6.05. The molecule has 0 aromatic rings. The standard InChI is InChI=1S/C15H27NO3/c1-5-6-13-7-9-15(10-8-13,14(18)19)16(11(2)3)12(4)17/h11,13H,5-10H2,1-4H3,(H,18,19). The lowest BCUT2D eigenvalue weighted by Gasteiger charge is -2.46. The van der Waals surface area contributed by atoms with E-state index in [1.807, 2.05) is 13.8 Å². The van der Waals surface area contributed by atoms with Crippen LogP contribution in [0.4, 0.5) is 0 Å². The summed E-state index contributed by atoms with van der Waals surface area (Å²) < 4.78 is 0. The second-order valence-electron chi connectivity index (χ2n) is 6.05. The minimum absolute atomic E-state index is 0.0728.